The Bertz CT molecular complexity index is 1240. The summed E-state index contributed by atoms with van der Waals surface area (Å²) in [7, 11) is 0. The van der Waals surface area contributed by atoms with Crippen molar-refractivity contribution in [2.45, 2.75) is 0 Å². The molecule has 0 aliphatic rings. The summed E-state index contributed by atoms with van der Waals surface area (Å²) in [6.07, 6.45) is 1.35. The molecule has 150 valence electrons. The first kappa shape index (κ1) is 19.3. The second-order valence-electron chi connectivity index (χ2n) is 6.18. The van der Waals surface area contributed by atoms with Gasteiger partial charge in [0.2, 0.25) is 0 Å². The molecule has 4 aromatic rings. The molecule has 0 atom stereocenters. The zero-order valence-corrected chi connectivity index (χ0v) is 16.2. The summed E-state index contributed by atoms with van der Waals surface area (Å²) >= 11 is 1.30. The third-order valence-electron chi connectivity index (χ3n) is 4.17. The summed E-state index contributed by atoms with van der Waals surface area (Å²) < 4.78 is 13.6. The number of fused-ring (bicyclic) bond motifs is 1. The number of hydrogen-bond donors (Lipinski definition) is 4. The van der Waals surface area contributed by atoms with Crippen molar-refractivity contribution in [2.24, 2.45) is 0 Å². The molecule has 0 saturated heterocycles. The van der Waals surface area contributed by atoms with Gasteiger partial charge in [0.1, 0.15) is 22.8 Å². The van der Waals surface area contributed by atoms with E-state index in [1.165, 1.54) is 35.9 Å². The van der Waals surface area contributed by atoms with Gasteiger partial charge >= 0.3 is 6.03 Å². The number of benzene rings is 2. The van der Waals surface area contributed by atoms with Gasteiger partial charge in [-0.05, 0) is 36.4 Å². The van der Waals surface area contributed by atoms with Gasteiger partial charge in [-0.15, -0.1) is 11.3 Å². The number of hydrogen-bond acceptors (Lipinski definition) is 6. The van der Waals surface area contributed by atoms with Gasteiger partial charge in [-0.2, -0.15) is 0 Å². The summed E-state index contributed by atoms with van der Waals surface area (Å²) in [5.41, 5.74) is 7.33. The first-order valence-corrected chi connectivity index (χ1v) is 9.61. The number of amides is 3. The Morgan fingerprint density at radius 1 is 0.933 bits per heavy atom. The fourth-order valence-electron chi connectivity index (χ4n) is 2.75. The van der Waals surface area contributed by atoms with Crippen molar-refractivity contribution in [3.63, 3.8) is 0 Å². The molecule has 0 aliphatic heterocycles. The van der Waals surface area contributed by atoms with E-state index in [1.54, 1.807) is 35.7 Å². The van der Waals surface area contributed by atoms with Crippen LogP contribution in [0.4, 0.5) is 32.1 Å². The fourth-order valence-corrected chi connectivity index (χ4v) is 3.64. The molecular formula is C20H15FN6O2S. The summed E-state index contributed by atoms with van der Waals surface area (Å²) in [5.74, 6) is -0.634. The lowest BCUT2D eigenvalue weighted by atomic mass is 10.2. The van der Waals surface area contributed by atoms with Crippen molar-refractivity contribution >= 4 is 56.4 Å². The van der Waals surface area contributed by atoms with Crippen LogP contribution in [0.1, 0.15) is 10.4 Å². The molecule has 2 aromatic heterocycles. The smallest absolute Gasteiger partial charge is 0.323 e. The normalized spacial score (nSPS) is 10.6. The first-order valence-electron chi connectivity index (χ1n) is 8.73. The highest BCUT2D eigenvalue weighted by molar-refractivity contribution is 7.17. The number of thiophene rings is 1. The zero-order valence-electron chi connectivity index (χ0n) is 15.3. The molecule has 0 bridgehead atoms. The maximum atomic E-state index is 13.6. The number of para-hydroxylation sites is 1. The molecule has 0 aliphatic carbocycles. The minimum absolute atomic E-state index is 0.0742. The molecule has 0 radical (unpaired) electrons. The van der Waals surface area contributed by atoms with Crippen LogP contribution >= 0.6 is 11.3 Å². The van der Waals surface area contributed by atoms with E-state index in [4.69, 9.17) is 5.73 Å². The van der Waals surface area contributed by atoms with Gasteiger partial charge in [-0.3, -0.25) is 4.79 Å². The second kappa shape index (κ2) is 8.13. The number of anilines is 4. The standard InChI is InChI=1S/C20H15FN6O2S/c21-14-3-1-2-4-15(14)27-20(29)26-12-7-5-11(6-8-12)25-18(28)13-9-30-19-16(13)17(22)23-10-24-19/h1-10H,(H,25,28)(H2,22,23,24)(H2,26,27,29). The Labute approximate surface area is 174 Å². The largest absolute Gasteiger partial charge is 0.383 e. The SMILES string of the molecule is Nc1ncnc2scc(C(=O)Nc3ccc(NC(=O)Nc4ccccc4F)cc3)c12. The van der Waals surface area contributed by atoms with Gasteiger partial charge in [0, 0.05) is 16.8 Å². The van der Waals surface area contributed by atoms with Crippen molar-refractivity contribution in [1.29, 1.82) is 0 Å². The molecule has 4 rings (SSSR count). The van der Waals surface area contributed by atoms with Crippen LogP contribution in [0.15, 0.2) is 60.2 Å². The van der Waals surface area contributed by atoms with E-state index in [1.807, 2.05) is 0 Å². The third-order valence-corrected chi connectivity index (χ3v) is 5.05. The summed E-state index contributed by atoms with van der Waals surface area (Å²) in [6, 6.07) is 11.8. The Morgan fingerprint density at radius 2 is 1.63 bits per heavy atom. The van der Waals surface area contributed by atoms with Crippen molar-refractivity contribution < 1.29 is 14.0 Å². The summed E-state index contributed by atoms with van der Waals surface area (Å²) in [5, 5.41) is 9.99. The minimum atomic E-state index is -0.586. The van der Waals surface area contributed by atoms with E-state index in [0.717, 1.165) is 0 Å². The lowest BCUT2D eigenvalue weighted by Crippen LogP contribution is -2.20. The van der Waals surface area contributed by atoms with E-state index >= 15 is 0 Å². The van der Waals surface area contributed by atoms with Crippen LogP contribution in [0.25, 0.3) is 10.2 Å². The average molecular weight is 422 g/mol. The van der Waals surface area contributed by atoms with Crippen molar-refractivity contribution in [1.82, 2.24) is 9.97 Å². The second-order valence-corrected chi connectivity index (χ2v) is 7.04. The van der Waals surface area contributed by atoms with Gasteiger partial charge in [-0.1, -0.05) is 12.1 Å². The molecule has 10 heteroatoms. The van der Waals surface area contributed by atoms with Crippen molar-refractivity contribution in [3.8, 4) is 0 Å². The third kappa shape index (κ3) is 4.03. The predicted octanol–water partition coefficient (Wildman–Crippen LogP) is 4.31. The molecule has 5 N–H and O–H groups in total. The summed E-state index contributed by atoms with van der Waals surface area (Å²) in [6.45, 7) is 0. The van der Waals surface area contributed by atoms with Crippen molar-refractivity contribution in [2.75, 3.05) is 21.7 Å². The molecule has 0 saturated carbocycles. The number of urea groups is 1. The molecule has 0 fully saturated rings. The van der Waals surface area contributed by atoms with Crippen LogP contribution in [-0.2, 0) is 0 Å². The molecule has 2 heterocycles. The molecule has 0 unspecified atom stereocenters. The average Bonchev–Trinajstić information content (AvgIpc) is 3.17. The van der Waals surface area contributed by atoms with Crippen LogP contribution in [0.5, 0.6) is 0 Å². The topological polar surface area (TPSA) is 122 Å². The van der Waals surface area contributed by atoms with Gasteiger partial charge < -0.3 is 21.7 Å². The van der Waals surface area contributed by atoms with Gasteiger partial charge in [0.05, 0.1) is 16.6 Å². The molecular weight excluding hydrogens is 407 g/mol. The molecule has 3 amide bonds. The number of rotatable bonds is 4. The highest BCUT2D eigenvalue weighted by Crippen LogP contribution is 2.28. The van der Waals surface area contributed by atoms with Crippen LogP contribution in [0.2, 0.25) is 0 Å². The maximum Gasteiger partial charge on any atom is 0.323 e. The Balaban J connectivity index is 1.41. The zero-order chi connectivity index (χ0) is 21.1. The lowest BCUT2D eigenvalue weighted by Gasteiger charge is -2.09. The number of nitrogens with zero attached hydrogens (tertiary/aromatic N) is 2. The van der Waals surface area contributed by atoms with E-state index < -0.39 is 11.8 Å². The van der Waals surface area contributed by atoms with Gasteiger partial charge in [0.25, 0.3) is 5.91 Å². The molecule has 8 nitrogen and oxygen atoms in total. The number of nitrogens with two attached hydrogens (primary N) is 1. The first-order chi connectivity index (χ1) is 14.5. The maximum absolute atomic E-state index is 13.6. The van der Waals surface area contributed by atoms with Crippen LogP contribution < -0.4 is 21.7 Å². The van der Waals surface area contributed by atoms with Crippen LogP contribution in [0.3, 0.4) is 0 Å². The highest BCUT2D eigenvalue weighted by atomic mass is 32.1. The Hall–Kier alpha value is -4.05. The number of aromatic nitrogens is 2. The molecule has 30 heavy (non-hydrogen) atoms. The number of carbonyl (C=O) groups is 2. The van der Waals surface area contributed by atoms with E-state index in [2.05, 4.69) is 25.9 Å². The quantitative estimate of drug-likeness (QED) is 0.390. The number of halogens is 1. The van der Waals surface area contributed by atoms with Crippen LogP contribution in [-0.4, -0.2) is 21.9 Å². The van der Waals surface area contributed by atoms with E-state index in [0.29, 0.717) is 27.2 Å². The molecule has 2 aromatic carbocycles. The Morgan fingerprint density at radius 3 is 2.37 bits per heavy atom. The predicted molar refractivity (Wildman–Crippen MR) is 115 cm³/mol. The Kier molecular flexibility index (Phi) is 5.22. The minimum Gasteiger partial charge on any atom is -0.383 e. The van der Waals surface area contributed by atoms with E-state index in [-0.39, 0.29) is 17.4 Å². The van der Waals surface area contributed by atoms with Gasteiger partial charge in [0.15, 0.2) is 0 Å². The van der Waals surface area contributed by atoms with E-state index in [9.17, 15) is 14.0 Å². The lowest BCUT2D eigenvalue weighted by molar-refractivity contribution is 0.102. The number of carbonyl (C=O) groups excluding carboxylic acids is 2. The molecule has 0 spiro atoms. The fraction of sp³-hybridized carbons (Fsp3) is 0. The number of nitrogens with one attached hydrogen (secondary N) is 3. The van der Waals surface area contributed by atoms with Crippen LogP contribution in [0, 0.1) is 5.82 Å². The summed E-state index contributed by atoms with van der Waals surface area (Å²) in [4.78, 5) is 33.3. The highest BCUT2D eigenvalue weighted by Gasteiger charge is 2.16. The number of nitrogen functional groups attached to an aromatic ring is 1. The van der Waals surface area contributed by atoms with Gasteiger partial charge in [-0.25, -0.2) is 19.2 Å². The monoisotopic (exact) mass is 422 g/mol. The van der Waals surface area contributed by atoms with Crippen molar-refractivity contribution in [3.05, 3.63) is 71.6 Å².